The smallest absolute Gasteiger partial charge is 0.416 e. The van der Waals surface area contributed by atoms with Crippen molar-refractivity contribution in [3.63, 3.8) is 0 Å². The van der Waals surface area contributed by atoms with Crippen LogP contribution in [-0.4, -0.2) is 41.2 Å². The van der Waals surface area contributed by atoms with Crippen LogP contribution in [0.5, 0.6) is 5.75 Å². The number of alkyl halides is 6. The maximum absolute atomic E-state index is 13.4. The van der Waals surface area contributed by atoms with E-state index >= 15 is 0 Å². The minimum Gasteiger partial charge on any atom is -0.497 e. The van der Waals surface area contributed by atoms with Crippen LogP contribution in [0, 0.1) is 11.8 Å². The largest absolute Gasteiger partial charge is 0.497 e. The Balaban J connectivity index is 1.51. The fourth-order valence-corrected chi connectivity index (χ4v) is 6.23. The molecule has 0 amide bonds. The Morgan fingerprint density at radius 3 is 2.39 bits per heavy atom. The summed E-state index contributed by atoms with van der Waals surface area (Å²) >= 11 is 5.50. The van der Waals surface area contributed by atoms with Gasteiger partial charge >= 0.3 is 12.4 Å². The minimum atomic E-state index is -4.97. The van der Waals surface area contributed by atoms with E-state index in [0.717, 1.165) is 36.9 Å². The summed E-state index contributed by atoms with van der Waals surface area (Å²) in [5.41, 5.74) is -1.71. The van der Waals surface area contributed by atoms with Crippen LogP contribution in [-0.2, 0) is 12.4 Å². The Labute approximate surface area is 238 Å². The number of benzene rings is 2. The summed E-state index contributed by atoms with van der Waals surface area (Å²) in [5.74, 6) is 1.35. The molecule has 0 aliphatic carbocycles. The number of nitrogens with zero attached hydrogens (tertiary/aromatic N) is 2. The van der Waals surface area contributed by atoms with Crippen molar-refractivity contribution in [3.05, 3.63) is 78.0 Å². The first-order valence-electron chi connectivity index (χ1n) is 13.0. The number of piperidine rings is 3. The molecule has 0 saturated carbocycles. The third kappa shape index (κ3) is 6.13. The van der Waals surface area contributed by atoms with E-state index < -0.39 is 35.2 Å². The molecule has 0 radical (unpaired) electrons. The fourth-order valence-electron chi connectivity index (χ4n) is 5.99. The maximum atomic E-state index is 13.4. The van der Waals surface area contributed by atoms with Gasteiger partial charge < -0.3 is 15.4 Å². The SMILES string of the molecule is C=C[C@H]1CN2CC[C@@H]1C[C@H]2[C@@H](NC(=S)Nc1cc(C(F)(F)F)cc(C(F)(F)F)c1)c1ccnc2ccc(OC)cc12. The molecule has 218 valence electrons. The highest BCUT2D eigenvalue weighted by Gasteiger charge is 2.43. The minimum absolute atomic E-state index is 0.0475. The van der Waals surface area contributed by atoms with Crippen molar-refractivity contribution in [1.29, 1.82) is 0 Å². The Kier molecular flexibility index (Phi) is 7.90. The third-order valence-corrected chi connectivity index (χ3v) is 8.21. The number of thiocarbonyl (C=S) groups is 1. The highest BCUT2D eigenvalue weighted by Crippen LogP contribution is 2.43. The average Bonchev–Trinajstić information content (AvgIpc) is 2.94. The number of ether oxygens (including phenoxy) is 1. The van der Waals surface area contributed by atoms with E-state index in [9.17, 15) is 26.3 Å². The predicted molar refractivity (Wildman–Crippen MR) is 149 cm³/mol. The van der Waals surface area contributed by atoms with Crippen molar-refractivity contribution in [1.82, 2.24) is 15.2 Å². The highest BCUT2D eigenvalue weighted by molar-refractivity contribution is 7.80. The number of nitrogens with one attached hydrogen (secondary N) is 2. The normalized spacial score (nSPS) is 23.2. The summed E-state index contributed by atoms with van der Waals surface area (Å²) in [5, 5.41) is 6.52. The lowest BCUT2D eigenvalue weighted by atomic mass is 9.73. The molecule has 2 bridgehead atoms. The molecule has 41 heavy (non-hydrogen) atoms. The van der Waals surface area contributed by atoms with Gasteiger partial charge in [-0.15, -0.1) is 6.58 Å². The number of hydrogen-bond donors (Lipinski definition) is 2. The van der Waals surface area contributed by atoms with Crippen LogP contribution in [0.25, 0.3) is 10.9 Å². The zero-order chi connectivity index (χ0) is 29.5. The van der Waals surface area contributed by atoms with Crippen molar-refractivity contribution in [3.8, 4) is 5.75 Å². The molecule has 2 aromatic carbocycles. The molecule has 3 saturated heterocycles. The number of aromatic nitrogens is 1. The molecule has 3 fully saturated rings. The topological polar surface area (TPSA) is 49.4 Å². The number of methoxy groups -OCH3 is 1. The van der Waals surface area contributed by atoms with Crippen LogP contribution in [0.2, 0.25) is 0 Å². The summed E-state index contributed by atoms with van der Waals surface area (Å²) in [6.07, 6.45) is -4.48. The van der Waals surface area contributed by atoms with E-state index in [-0.39, 0.29) is 17.2 Å². The second kappa shape index (κ2) is 11.1. The van der Waals surface area contributed by atoms with Gasteiger partial charge in [0.15, 0.2) is 5.11 Å². The van der Waals surface area contributed by atoms with Crippen LogP contribution >= 0.6 is 12.2 Å². The third-order valence-electron chi connectivity index (χ3n) is 7.99. The van der Waals surface area contributed by atoms with Gasteiger partial charge in [-0.1, -0.05) is 6.08 Å². The fraction of sp³-hybridized carbons (Fsp3) is 0.379. The van der Waals surface area contributed by atoms with E-state index in [2.05, 4.69) is 27.1 Å². The number of halogens is 6. The lowest BCUT2D eigenvalue weighted by Gasteiger charge is -2.52. The maximum Gasteiger partial charge on any atom is 0.416 e. The van der Waals surface area contributed by atoms with Gasteiger partial charge in [0, 0.05) is 29.9 Å². The summed E-state index contributed by atoms with van der Waals surface area (Å²) in [6, 6.07) is 8.15. The predicted octanol–water partition coefficient (Wildman–Crippen LogP) is 7.21. The van der Waals surface area contributed by atoms with E-state index in [0.29, 0.717) is 35.2 Å². The van der Waals surface area contributed by atoms with Gasteiger partial charge in [-0.05, 0) is 91.5 Å². The van der Waals surface area contributed by atoms with Gasteiger partial charge in [-0.25, -0.2) is 0 Å². The standard InChI is InChI=1S/C29H28F6N4OS/c1-3-16-15-39-9-7-17(16)10-25(39)26(22-6-8-36-24-5-4-21(40-2)14-23(22)24)38-27(41)37-20-12-18(28(30,31)32)11-19(13-20)29(33,34)35/h3-6,8,11-14,16-17,25-26H,1,7,9-10,15H2,2H3,(H2,37,38,41)/t16-,17+,25-,26-/m0/s1. The Hall–Kier alpha value is -3.38. The quantitative estimate of drug-likeness (QED) is 0.179. The average molecular weight is 595 g/mol. The van der Waals surface area contributed by atoms with Gasteiger partial charge in [-0.2, -0.15) is 26.3 Å². The molecule has 0 spiro atoms. The molecular weight excluding hydrogens is 566 g/mol. The first-order valence-corrected chi connectivity index (χ1v) is 13.4. The molecule has 5 atom stereocenters. The Morgan fingerprint density at radius 1 is 1.10 bits per heavy atom. The number of fused-ring (bicyclic) bond motifs is 4. The zero-order valence-corrected chi connectivity index (χ0v) is 22.8. The van der Waals surface area contributed by atoms with Crippen molar-refractivity contribution in [2.75, 3.05) is 25.5 Å². The number of rotatable bonds is 6. The van der Waals surface area contributed by atoms with Crippen molar-refractivity contribution >= 4 is 33.9 Å². The van der Waals surface area contributed by atoms with E-state index in [1.165, 1.54) is 0 Å². The molecule has 3 aromatic rings. The molecule has 5 nitrogen and oxygen atoms in total. The van der Waals surface area contributed by atoms with Crippen LogP contribution in [0.15, 0.2) is 61.3 Å². The molecule has 1 aromatic heterocycles. The summed E-state index contributed by atoms with van der Waals surface area (Å²) < 4.78 is 86.0. The second-order valence-electron chi connectivity index (χ2n) is 10.4. The second-order valence-corrected chi connectivity index (χ2v) is 10.8. The summed E-state index contributed by atoms with van der Waals surface area (Å²) in [6.45, 7) is 5.63. The first kappa shape index (κ1) is 29.1. The van der Waals surface area contributed by atoms with Gasteiger partial charge in [0.05, 0.1) is 29.8 Å². The van der Waals surface area contributed by atoms with Crippen molar-refractivity contribution in [2.45, 2.75) is 37.3 Å². The van der Waals surface area contributed by atoms with E-state index in [4.69, 9.17) is 17.0 Å². The summed E-state index contributed by atoms with van der Waals surface area (Å²) in [7, 11) is 1.55. The van der Waals surface area contributed by atoms with Gasteiger partial charge in [0.2, 0.25) is 0 Å². The van der Waals surface area contributed by atoms with Crippen LogP contribution in [0.4, 0.5) is 32.0 Å². The summed E-state index contributed by atoms with van der Waals surface area (Å²) in [4.78, 5) is 6.80. The number of hydrogen-bond acceptors (Lipinski definition) is 4. The lowest BCUT2D eigenvalue weighted by molar-refractivity contribution is -0.143. The Bertz CT molecular complexity index is 1430. The van der Waals surface area contributed by atoms with Gasteiger partial charge in [0.25, 0.3) is 0 Å². The lowest BCUT2D eigenvalue weighted by Crippen LogP contribution is -2.57. The molecule has 3 aliphatic heterocycles. The van der Waals surface area contributed by atoms with Crippen molar-refractivity contribution < 1.29 is 31.1 Å². The number of pyridine rings is 1. The monoisotopic (exact) mass is 594 g/mol. The zero-order valence-electron chi connectivity index (χ0n) is 22.0. The molecule has 3 aliphatic rings. The highest BCUT2D eigenvalue weighted by atomic mass is 32.1. The molecular formula is C29H28F6N4OS. The van der Waals surface area contributed by atoms with E-state index in [1.54, 1.807) is 19.4 Å². The van der Waals surface area contributed by atoms with Crippen LogP contribution in [0.1, 0.15) is 35.6 Å². The van der Waals surface area contributed by atoms with Crippen molar-refractivity contribution in [2.24, 2.45) is 11.8 Å². The Morgan fingerprint density at radius 2 is 1.80 bits per heavy atom. The number of anilines is 1. The van der Waals surface area contributed by atoms with Crippen LogP contribution < -0.4 is 15.4 Å². The molecule has 4 heterocycles. The first-order chi connectivity index (χ1) is 19.4. The molecule has 12 heteroatoms. The van der Waals surface area contributed by atoms with Gasteiger partial charge in [-0.3, -0.25) is 9.88 Å². The van der Waals surface area contributed by atoms with E-state index in [1.807, 2.05) is 24.3 Å². The van der Waals surface area contributed by atoms with Gasteiger partial charge in [0.1, 0.15) is 5.75 Å². The molecule has 6 rings (SSSR count). The molecule has 1 unspecified atom stereocenters. The molecule has 2 N–H and O–H groups in total. The van der Waals surface area contributed by atoms with Crippen LogP contribution in [0.3, 0.4) is 0 Å².